The molecule has 0 aliphatic rings. The number of amides is 3. The minimum absolute atomic E-state index is 0.261. The molecule has 0 aliphatic heterocycles. The molecule has 0 saturated heterocycles. The van der Waals surface area contributed by atoms with Crippen LogP contribution < -0.4 is 10.7 Å². The molecule has 15 heavy (non-hydrogen) atoms. The molecule has 3 amide bonds. The van der Waals surface area contributed by atoms with Gasteiger partial charge in [-0.15, -0.1) is 0 Å². The molecule has 0 aromatic heterocycles. The van der Waals surface area contributed by atoms with Crippen LogP contribution >= 0.6 is 0 Å². The van der Waals surface area contributed by atoms with Crippen LogP contribution in [-0.2, 0) is 4.79 Å². The molecule has 0 atom stereocenters. The smallest absolute Gasteiger partial charge is 0.333 e. The highest BCUT2D eigenvalue weighted by Crippen LogP contribution is 1.96. The maximum absolute atomic E-state index is 11.6. The van der Waals surface area contributed by atoms with Gasteiger partial charge in [0.25, 0.3) is 5.91 Å². The normalized spacial score (nSPS) is 9.27. The van der Waals surface area contributed by atoms with E-state index in [0.29, 0.717) is 18.7 Å². The summed E-state index contributed by atoms with van der Waals surface area (Å²) in [4.78, 5) is 22.8. The Morgan fingerprint density at radius 1 is 1.33 bits per heavy atom. The van der Waals surface area contributed by atoms with Crippen LogP contribution in [0.25, 0.3) is 0 Å². The molecule has 0 spiro atoms. The largest absolute Gasteiger partial charge is 0.337 e. The van der Waals surface area contributed by atoms with E-state index in [2.05, 4.69) is 17.3 Å². The number of hydrogen-bond acceptors (Lipinski definition) is 2. The number of nitrogens with one attached hydrogen (secondary N) is 2. The van der Waals surface area contributed by atoms with Gasteiger partial charge in [0.1, 0.15) is 0 Å². The lowest BCUT2D eigenvalue weighted by Crippen LogP contribution is -2.50. The zero-order chi connectivity index (χ0) is 11.8. The molecular formula is C10H19N3O2. The van der Waals surface area contributed by atoms with Crippen molar-refractivity contribution in [3.63, 3.8) is 0 Å². The van der Waals surface area contributed by atoms with E-state index in [-0.39, 0.29) is 11.9 Å². The molecule has 2 N–H and O–H groups in total. The third-order valence-electron chi connectivity index (χ3n) is 1.63. The second-order valence-corrected chi connectivity index (χ2v) is 3.21. The Hall–Kier alpha value is -1.52. The van der Waals surface area contributed by atoms with Crippen molar-refractivity contribution in [3.05, 3.63) is 12.2 Å². The van der Waals surface area contributed by atoms with E-state index in [1.807, 2.05) is 13.8 Å². The summed E-state index contributed by atoms with van der Waals surface area (Å²) in [6.45, 7) is 9.90. The first-order chi connectivity index (χ1) is 7.02. The van der Waals surface area contributed by atoms with Crippen LogP contribution in [0, 0.1) is 0 Å². The van der Waals surface area contributed by atoms with Crippen LogP contribution in [0.5, 0.6) is 0 Å². The van der Waals surface area contributed by atoms with Crippen molar-refractivity contribution in [2.45, 2.75) is 27.2 Å². The molecule has 86 valence electrons. The zero-order valence-electron chi connectivity index (χ0n) is 9.59. The van der Waals surface area contributed by atoms with E-state index < -0.39 is 0 Å². The standard InChI is InChI=1S/C10H19N3O2/c1-5-7-13(9(14)8(3)4)12-10(15)11-6-2/h3,5-7H2,1-2,4H3,(H2,11,12,15). The average Bonchev–Trinajstić information content (AvgIpc) is 2.16. The Morgan fingerprint density at radius 3 is 2.33 bits per heavy atom. The van der Waals surface area contributed by atoms with Gasteiger partial charge in [-0.3, -0.25) is 4.79 Å². The summed E-state index contributed by atoms with van der Waals surface area (Å²) < 4.78 is 0. The summed E-state index contributed by atoms with van der Waals surface area (Å²) in [6.07, 6.45) is 0.769. The highest BCUT2D eigenvalue weighted by atomic mass is 16.2. The minimum Gasteiger partial charge on any atom is -0.337 e. The fourth-order valence-corrected chi connectivity index (χ4v) is 0.985. The predicted molar refractivity (Wildman–Crippen MR) is 59.0 cm³/mol. The summed E-state index contributed by atoms with van der Waals surface area (Å²) in [5.74, 6) is -0.261. The lowest BCUT2D eigenvalue weighted by atomic mass is 10.3. The van der Waals surface area contributed by atoms with E-state index in [1.54, 1.807) is 6.92 Å². The van der Waals surface area contributed by atoms with Gasteiger partial charge in [0.05, 0.1) is 0 Å². The summed E-state index contributed by atoms with van der Waals surface area (Å²) in [7, 11) is 0. The molecule has 0 saturated carbocycles. The van der Waals surface area contributed by atoms with Crippen LogP contribution in [0.3, 0.4) is 0 Å². The van der Waals surface area contributed by atoms with Gasteiger partial charge in [0.2, 0.25) is 0 Å². The van der Waals surface area contributed by atoms with Gasteiger partial charge >= 0.3 is 6.03 Å². The summed E-state index contributed by atoms with van der Waals surface area (Å²) >= 11 is 0. The molecular weight excluding hydrogens is 194 g/mol. The van der Waals surface area contributed by atoms with E-state index in [4.69, 9.17) is 0 Å². The zero-order valence-corrected chi connectivity index (χ0v) is 9.59. The third kappa shape index (κ3) is 5.05. The molecule has 0 heterocycles. The number of hydrazine groups is 1. The molecule has 5 heteroatoms. The number of urea groups is 1. The summed E-state index contributed by atoms with van der Waals surface area (Å²) in [5, 5.41) is 3.83. The van der Waals surface area contributed by atoms with E-state index in [1.165, 1.54) is 5.01 Å². The van der Waals surface area contributed by atoms with Gasteiger partial charge in [0.15, 0.2) is 0 Å². The molecule has 0 aliphatic carbocycles. The molecule has 0 bridgehead atoms. The molecule has 0 aromatic rings. The molecule has 0 radical (unpaired) electrons. The van der Waals surface area contributed by atoms with E-state index in [9.17, 15) is 9.59 Å². The van der Waals surface area contributed by atoms with Crippen LogP contribution in [0.2, 0.25) is 0 Å². The molecule has 0 aromatic carbocycles. The maximum atomic E-state index is 11.6. The van der Waals surface area contributed by atoms with Crippen molar-refractivity contribution in [1.82, 2.24) is 15.8 Å². The number of carbonyl (C=O) groups excluding carboxylic acids is 2. The van der Waals surface area contributed by atoms with Crippen molar-refractivity contribution in [2.75, 3.05) is 13.1 Å². The van der Waals surface area contributed by atoms with Crippen LogP contribution in [0.15, 0.2) is 12.2 Å². The van der Waals surface area contributed by atoms with Crippen molar-refractivity contribution in [1.29, 1.82) is 0 Å². The van der Waals surface area contributed by atoms with Crippen molar-refractivity contribution >= 4 is 11.9 Å². The third-order valence-corrected chi connectivity index (χ3v) is 1.63. The predicted octanol–water partition coefficient (Wildman–Crippen LogP) is 1.04. The fourth-order valence-electron chi connectivity index (χ4n) is 0.985. The van der Waals surface area contributed by atoms with Crippen molar-refractivity contribution < 1.29 is 9.59 Å². The Balaban J connectivity index is 4.33. The lowest BCUT2D eigenvalue weighted by molar-refractivity contribution is -0.129. The first-order valence-corrected chi connectivity index (χ1v) is 5.04. The first-order valence-electron chi connectivity index (χ1n) is 5.04. The number of nitrogens with zero attached hydrogens (tertiary/aromatic N) is 1. The van der Waals surface area contributed by atoms with Crippen molar-refractivity contribution in [2.24, 2.45) is 0 Å². The van der Waals surface area contributed by atoms with E-state index in [0.717, 1.165) is 6.42 Å². The Morgan fingerprint density at radius 2 is 1.93 bits per heavy atom. The number of carbonyl (C=O) groups is 2. The number of rotatable bonds is 4. The quantitative estimate of drug-likeness (QED) is 0.541. The summed E-state index contributed by atoms with van der Waals surface area (Å²) in [6, 6.07) is -0.374. The van der Waals surface area contributed by atoms with Gasteiger partial charge < -0.3 is 5.32 Å². The topological polar surface area (TPSA) is 61.4 Å². The van der Waals surface area contributed by atoms with Gasteiger partial charge in [-0.2, -0.15) is 0 Å². The van der Waals surface area contributed by atoms with Crippen molar-refractivity contribution in [3.8, 4) is 0 Å². The Kier molecular flexibility index (Phi) is 6.17. The highest BCUT2D eigenvalue weighted by Gasteiger charge is 2.14. The summed E-state index contributed by atoms with van der Waals surface area (Å²) in [5.41, 5.74) is 2.88. The van der Waals surface area contributed by atoms with Gasteiger partial charge in [-0.1, -0.05) is 13.5 Å². The van der Waals surface area contributed by atoms with Gasteiger partial charge in [-0.25, -0.2) is 15.2 Å². The maximum Gasteiger partial charge on any atom is 0.333 e. The SMILES string of the molecule is C=C(C)C(=O)N(CCC)NC(=O)NCC. The molecule has 0 rings (SSSR count). The Bertz CT molecular complexity index is 251. The van der Waals surface area contributed by atoms with Crippen LogP contribution in [-0.4, -0.2) is 30.0 Å². The number of hydrogen-bond donors (Lipinski definition) is 2. The van der Waals surface area contributed by atoms with Gasteiger partial charge in [0, 0.05) is 18.7 Å². The van der Waals surface area contributed by atoms with E-state index >= 15 is 0 Å². The lowest BCUT2D eigenvalue weighted by Gasteiger charge is -2.22. The molecule has 5 nitrogen and oxygen atoms in total. The Labute approximate surface area is 90.5 Å². The van der Waals surface area contributed by atoms with Gasteiger partial charge in [-0.05, 0) is 20.3 Å². The van der Waals surface area contributed by atoms with Crippen LogP contribution in [0.4, 0.5) is 4.79 Å². The average molecular weight is 213 g/mol. The fraction of sp³-hybridized carbons (Fsp3) is 0.600. The first kappa shape index (κ1) is 13.5. The monoisotopic (exact) mass is 213 g/mol. The molecule has 0 fully saturated rings. The van der Waals surface area contributed by atoms with Crippen LogP contribution in [0.1, 0.15) is 27.2 Å². The second-order valence-electron chi connectivity index (χ2n) is 3.21. The highest BCUT2D eigenvalue weighted by molar-refractivity contribution is 5.93. The minimum atomic E-state index is -0.374. The second kappa shape index (κ2) is 6.86. The molecule has 0 unspecified atom stereocenters.